The van der Waals surface area contributed by atoms with Crippen LogP contribution < -0.4 is 0 Å². The van der Waals surface area contributed by atoms with Gasteiger partial charge in [-0.2, -0.15) is 10.2 Å². The first kappa shape index (κ1) is 21.6. The van der Waals surface area contributed by atoms with Crippen LogP contribution in [0.1, 0.15) is 38.6 Å². The van der Waals surface area contributed by atoms with E-state index in [0.29, 0.717) is 11.6 Å². The van der Waals surface area contributed by atoms with Crippen LogP contribution in [-0.4, -0.2) is 61.4 Å². The number of aryl methyl sites for hydroxylation is 3. The average molecular weight is 441 g/mol. The molecule has 1 aliphatic rings. The molecule has 0 unspecified atom stereocenters. The Balaban J connectivity index is 1.33. The zero-order valence-electron chi connectivity index (χ0n) is 18.6. The summed E-state index contributed by atoms with van der Waals surface area (Å²) < 4.78 is 3.76. The van der Waals surface area contributed by atoms with E-state index >= 15 is 0 Å². The fraction of sp³-hybridized carbons (Fsp3) is 0.435. The Morgan fingerprint density at radius 3 is 2.19 bits per heavy atom. The van der Waals surface area contributed by atoms with Gasteiger partial charge in [-0.1, -0.05) is 23.7 Å². The minimum absolute atomic E-state index is 0.0953. The highest BCUT2D eigenvalue weighted by molar-refractivity contribution is 6.31. The van der Waals surface area contributed by atoms with Crippen molar-refractivity contribution in [1.29, 1.82) is 0 Å². The third-order valence-electron chi connectivity index (χ3n) is 5.99. The van der Waals surface area contributed by atoms with Crippen molar-refractivity contribution in [1.82, 2.24) is 29.4 Å². The summed E-state index contributed by atoms with van der Waals surface area (Å²) in [6.07, 6.45) is 2.08. The monoisotopic (exact) mass is 440 g/mol. The number of nitrogens with zero attached hydrogens (tertiary/aromatic N) is 6. The molecule has 0 bridgehead atoms. The van der Waals surface area contributed by atoms with E-state index in [1.807, 2.05) is 66.3 Å². The van der Waals surface area contributed by atoms with Crippen molar-refractivity contribution < 1.29 is 4.79 Å². The Kier molecular flexibility index (Phi) is 6.16. The Labute approximate surface area is 188 Å². The lowest BCUT2D eigenvalue weighted by Gasteiger charge is -2.34. The van der Waals surface area contributed by atoms with Gasteiger partial charge in [-0.05, 0) is 38.5 Å². The lowest BCUT2D eigenvalue weighted by molar-refractivity contribution is 0.0628. The normalized spacial score (nSPS) is 14.9. The zero-order chi connectivity index (χ0) is 22.1. The second kappa shape index (κ2) is 8.85. The lowest BCUT2D eigenvalue weighted by atomic mass is 10.1. The van der Waals surface area contributed by atoms with Crippen LogP contribution in [0, 0.1) is 20.8 Å². The molecule has 3 heterocycles. The largest absolute Gasteiger partial charge is 0.336 e. The second-order valence-electron chi connectivity index (χ2n) is 8.32. The summed E-state index contributed by atoms with van der Waals surface area (Å²) in [4.78, 5) is 17.3. The molecule has 1 aromatic carbocycles. The molecule has 1 aliphatic heterocycles. The molecule has 31 heavy (non-hydrogen) atoms. The molecule has 0 N–H and O–H groups in total. The average Bonchev–Trinajstić information content (AvgIpc) is 3.20. The minimum atomic E-state index is 0.0953. The molecule has 1 amide bonds. The van der Waals surface area contributed by atoms with E-state index in [1.54, 1.807) is 0 Å². The zero-order valence-corrected chi connectivity index (χ0v) is 19.4. The molecule has 0 atom stereocenters. The van der Waals surface area contributed by atoms with Crippen molar-refractivity contribution in [2.75, 3.05) is 26.2 Å². The van der Waals surface area contributed by atoms with E-state index in [1.165, 1.54) is 5.56 Å². The van der Waals surface area contributed by atoms with Gasteiger partial charge in [0.2, 0.25) is 0 Å². The number of carbonyl (C=O) groups excluding carboxylic acids is 1. The number of carbonyl (C=O) groups is 1. The van der Waals surface area contributed by atoms with Crippen molar-refractivity contribution in [3.05, 3.63) is 69.3 Å². The second-order valence-corrected chi connectivity index (χ2v) is 8.70. The van der Waals surface area contributed by atoms with E-state index in [0.717, 1.165) is 60.9 Å². The summed E-state index contributed by atoms with van der Waals surface area (Å²) in [7, 11) is 1.95. The van der Waals surface area contributed by atoms with Crippen LogP contribution in [0.2, 0.25) is 5.02 Å². The molecule has 164 valence electrons. The van der Waals surface area contributed by atoms with Gasteiger partial charge in [0.05, 0.1) is 28.6 Å². The highest BCUT2D eigenvalue weighted by Gasteiger charge is 2.23. The third-order valence-corrected chi connectivity index (χ3v) is 6.54. The molecule has 2 aromatic heterocycles. The highest BCUT2D eigenvalue weighted by Crippen LogP contribution is 2.20. The Bertz CT molecular complexity index is 1080. The molecule has 0 spiro atoms. The number of amides is 1. The summed E-state index contributed by atoms with van der Waals surface area (Å²) >= 11 is 6.24. The standard InChI is InChI=1S/C23H29ClN6O/c1-16-21(14-27(4)25-16)15-28-9-11-29(12-10-28)23(31)20-7-5-19(6-8-20)13-30-18(3)22(24)17(2)26-30/h5-8,14H,9-13,15H2,1-4H3. The van der Waals surface area contributed by atoms with Gasteiger partial charge in [-0.25, -0.2) is 0 Å². The topological polar surface area (TPSA) is 59.2 Å². The molecule has 1 saturated heterocycles. The SMILES string of the molecule is Cc1nn(C)cc1CN1CCN(C(=O)c2ccc(Cn3nc(C)c(Cl)c3C)cc2)CC1. The molecule has 8 heteroatoms. The Hall–Kier alpha value is -2.64. The first-order valence-corrected chi connectivity index (χ1v) is 11.0. The predicted octanol–water partition coefficient (Wildman–Crippen LogP) is 3.20. The summed E-state index contributed by atoms with van der Waals surface area (Å²) in [6.45, 7) is 10.7. The molecule has 0 aliphatic carbocycles. The van der Waals surface area contributed by atoms with Crippen LogP contribution in [0.4, 0.5) is 0 Å². The maximum atomic E-state index is 13.0. The number of halogens is 1. The molecule has 0 saturated carbocycles. The van der Waals surface area contributed by atoms with Crippen LogP contribution in [0.3, 0.4) is 0 Å². The van der Waals surface area contributed by atoms with Gasteiger partial charge in [0.1, 0.15) is 0 Å². The van der Waals surface area contributed by atoms with E-state index in [2.05, 4.69) is 21.3 Å². The van der Waals surface area contributed by atoms with E-state index in [-0.39, 0.29) is 5.91 Å². The van der Waals surface area contributed by atoms with Gasteiger partial charge in [0.15, 0.2) is 0 Å². The molecular formula is C23H29ClN6O. The quantitative estimate of drug-likeness (QED) is 0.611. The molecule has 7 nitrogen and oxygen atoms in total. The number of benzene rings is 1. The number of piperazine rings is 1. The molecular weight excluding hydrogens is 412 g/mol. The first-order valence-electron chi connectivity index (χ1n) is 10.6. The van der Waals surface area contributed by atoms with Crippen LogP contribution in [0.15, 0.2) is 30.5 Å². The van der Waals surface area contributed by atoms with Crippen LogP contribution in [0.5, 0.6) is 0 Å². The van der Waals surface area contributed by atoms with Crippen molar-refractivity contribution in [2.24, 2.45) is 7.05 Å². The van der Waals surface area contributed by atoms with E-state index < -0.39 is 0 Å². The molecule has 0 radical (unpaired) electrons. The maximum Gasteiger partial charge on any atom is 0.253 e. The van der Waals surface area contributed by atoms with Gasteiger partial charge >= 0.3 is 0 Å². The molecule has 1 fully saturated rings. The third kappa shape index (κ3) is 4.67. The predicted molar refractivity (Wildman–Crippen MR) is 121 cm³/mol. The van der Waals surface area contributed by atoms with Gasteiger partial charge < -0.3 is 4.90 Å². The summed E-state index contributed by atoms with van der Waals surface area (Å²) in [5.41, 5.74) is 5.94. The summed E-state index contributed by atoms with van der Waals surface area (Å²) in [5.74, 6) is 0.0953. The number of aromatic nitrogens is 4. The fourth-order valence-corrected chi connectivity index (χ4v) is 4.23. The van der Waals surface area contributed by atoms with Crippen molar-refractivity contribution in [3.8, 4) is 0 Å². The van der Waals surface area contributed by atoms with Gasteiger partial charge in [-0.15, -0.1) is 0 Å². The fourth-order valence-electron chi connectivity index (χ4n) is 4.09. The van der Waals surface area contributed by atoms with Crippen molar-refractivity contribution in [2.45, 2.75) is 33.9 Å². The van der Waals surface area contributed by atoms with Crippen molar-refractivity contribution in [3.63, 3.8) is 0 Å². The lowest BCUT2D eigenvalue weighted by Crippen LogP contribution is -2.48. The van der Waals surface area contributed by atoms with Gasteiger partial charge in [0.25, 0.3) is 5.91 Å². The Morgan fingerprint density at radius 2 is 1.65 bits per heavy atom. The maximum absolute atomic E-state index is 13.0. The summed E-state index contributed by atoms with van der Waals surface area (Å²) in [5, 5.41) is 9.61. The Morgan fingerprint density at radius 1 is 0.968 bits per heavy atom. The summed E-state index contributed by atoms with van der Waals surface area (Å²) in [6, 6.07) is 7.82. The number of rotatable bonds is 5. The minimum Gasteiger partial charge on any atom is -0.336 e. The number of hydrogen-bond acceptors (Lipinski definition) is 4. The van der Waals surface area contributed by atoms with Gasteiger partial charge in [-0.3, -0.25) is 19.1 Å². The van der Waals surface area contributed by atoms with Gasteiger partial charge in [0, 0.05) is 57.1 Å². The molecule has 3 aromatic rings. The van der Waals surface area contributed by atoms with Crippen molar-refractivity contribution >= 4 is 17.5 Å². The van der Waals surface area contributed by atoms with Crippen LogP contribution in [0.25, 0.3) is 0 Å². The smallest absolute Gasteiger partial charge is 0.253 e. The number of hydrogen-bond donors (Lipinski definition) is 0. The van der Waals surface area contributed by atoms with Crippen LogP contribution in [-0.2, 0) is 20.1 Å². The van der Waals surface area contributed by atoms with Crippen LogP contribution >= 0.6 is 11.6 Å². The molecule has 4 rings (SSSR count). The highest BCUT2D eigenvalue weighted by atomic mass is 35.5. The van der Waals surface area contributed by atoms with E-state index in [9.17, 15) is 4.79 Å². The first-order chi connectivity index (χ1) is 14.8. The van der Waals surface area contributed by atoms with E-state index in [4.69, 9.17) is 11.6 Å².